The molecule has 1 aliphatic heterocycles. The van der Waals surface area contributed by atoms with Crippen molar-refractivity contribution in [2.24, 2.45) is 0 Å². The summed E-state index contributed by atoms with van der Waals surface area (Å²) in [5.41, 5.74) is 1.14. The van der Waals surface area contributed by atoms with E-state index in [1.54, 1.807) is 0 Å². The van der Waals surface area contributed by atoms with E-state index in [0.29, 0.717) is 24.6 Å². The highest BCUT2D eigenvalue weighted by molar-refractivity contribution is 5.84. The second-order valence-corrected chi connectivity index (χ2v) is 5.95. The Balaban J connectivity index is 1.97. The molecule has 1 aromatic carbocycles. The van der Waals surface area contributed by atoms with Gasteiger partial charge in [-0.2, -0.15) is 0 Å². The number of hydrogen-bond acceptors (Lipinski definition) is 3. The number of aliphatic carboxylic acids is 1. The molecule has 0 saturated carbocycles. The quantitative estimate of drug-likeness (QED) is 0.908. The van der Waals surface area contributed by atoms with Gasteiger partial charge >= 0.3 is 5.97 Å². The van der Waals surface area contributed by atoms with E-state index in [2.05, 4.69) is 13.8 Å². The predicted octanol–water partition coefficient (Wildman–Crippen LogP) is 2.65. The first kappa shape index (κ1) is 16.3. The average Bonchev–Trinajstić information content (AvgIpc) is 2.52. The minimum atomic E-state index is -0.935. The summed E-state index contributed by atoms with van der Waals surface area (Å²) in [6.45, 7) is 4.56. The summed E-state index contributed by atoms with van der Waals surface area (Å²) in [5, 5.41) is 9.21. The first-order valence-electron chi connectivity index (χ1n) is 7.74. The van der Waals surface area contributed by atoms with Crippen LogP contribution >= 0.6 is 0 Å². The topological polar surface area (TPSA) is 66.8 Å². The molecular weight excluding hydrogens is 282 g/mol. The van der Waals surface area contributed by atoms with E-state index in [4.69, 9.17) is 4.74 Å². The van der Waals surface area contributed by atoms with Crippen molar-refractivity contribution in [2.45, 2.75) is 45.1 Å². The third-order valence-electron chi connectivity index (χ3n) is 4.00. The molecular formula is C17H23NO4. The number of ether oxygens (including phenoxy) is 1. The standard InChI is InChI=1S/C17H23NO4/c1-12(2)13-6-5-7-14(10-13)22-11-16(19)18-9-4-3-8-15(18)17(20)21/h5-7,10,12,15H,3-4,8-9,11H2,1-2H3,(H,20,21). The summed E-state index contributed by atoms with van der Waals surface area (Å²) in [6, 6.07) is 6.93. The number of carboxylic acid groups (broad SMARTS) is 1. The largest absolute Gasteiger partial charge is 0.484 e. The molecule has 1 aromatic rings. The van der Waals surface area contributed by atoms with E-state index >= 15 is 0 Å². The third kappa shape index (κ3) is 4.00. The number of carbonyl (C=O) groups is 2. The molecule has 0 aliphatic carbocycles. The zero-order chi connectivity index (χ0) is 16.1. The van der Waals surface area contributed by atoms with Crippen LogP contribution in [-0.2, 0) is 9.59 Å². The number of carbonyl (C=O) groups excluding carboxylic acids is 1. The highest BCUT2D eigenvalue weighted by Crippen LogP contribution is 2.21. The zero-order valence-electron chi connectivity index (χ0n) is 13.1. The van der Waals surface area contributed by atoms with Crippen molar-refractivity contribution in [3.8, 4) is 5.75 Å². The van der Waals surface area contributed by atoms with Crippen LogP contribution in [0, 0.1) is 0 Å². The van der Waals surface area contributed by atoms with Crippen molar-refractivity contribution in [1.29, 1.82) is 0 Å². The van der Waals surface area contributed by atoms with Crippen LogP contribution in [0.15, 0.2) is 24.3 Å². The van der Waals surface area contributed by atoms with Crippen LogP contribution < -0.4 is 4.74 Å². The maximum Gasteiger partial charge on any atom is 0.326 e. The van der Waals surface area contributed by atoms with Crippen molar-refractivity contribution < 1.29 is 19.4 Å². The summed E-state index contributed by atoms with van der Waals surface area (Å²) in [7, 11) is 0. The number of benzene rings is 1. The molecule has 1 unspecified atom stereocenters. The van der Waals surface area contributed by atoms with Gasteiger partial charge in [0, 0.05) is 6.54 Å². The Morgan fingerprint density at radius 1 is 1.36 bits per heavy atom. The minimum Gasteiger partial charge on any atom is -0.484 e. The van der Waals surface area contributed by atoms with Crippen LogP contribution in [0.25, 0.3) is 0 Å². The molecule has 1 amide bonds. The van der Waals surface area contributed by atoms with Crippen LogP contribution in [0.3, 0.4) is 0 Å². The highest BCUT2D eigenvalue weighted by Gasteiger charge is 2.31. The lowest BCUT2D eigenvalue weighted by Crippen LogP contribution is -2.49. The molecule has 120 valence electrons. The molecule has 5 nitrogen and oxygen atoms in total. The number of likely N-dealkylation sites (tertiary alicyclic amines) is 1. The summed E-state index contributed by atoms with van der Waals surface area (Å²) < 4.78 is 5.56. The van der Waals surface area contributed by atoms with Gasteiger partial charge in [-0.05, 0) is 42.9 Å². The third-order valence-corrected chi connectivity index (χ3v) is 4.00. The van der Waals surface area contributed by atoms with Gasteiger partial charge in [-0.15, -0.1) is 0 Å². The Morgan fingerprint density at radius 2 is 2.14 bits per heavy atom. The predicted molar refractivity (Wildman–Crippen MR) is 83.0 cm³/mol. The van der Waals surface area contributed by atoms with E-state index < -0.39 is 12.0 Å². The fourth-order valence-electron chi connectivity index (χ4n) is 2.68. The molecule has 0 spiro atoms. The van der Waals surface area contributed by atoms with Crippen LogP contribution in [0.5, 0.6) is 5.75 Å². The van der Waals surface area contributed by atoms with Gasteiger partial charge in [0.1, 0.15) is 11.8 Å². The fourth-order valence-corrected chi connectivity index (χ4v) is 2.68. The highest BCUT2D eigenvalue weighted by atomic mass is 16.5. The number of nitrogens with zero attached hydrogens (tertiary/aromatic N) is 1. The van der Waals surface area contributed by atoms with E-state index in [0.717, 1.165) is 18.4 Å². The zero-order valence-corrected chi connectivity index (χ0v) is 13.1. The summed E-state index contributed by atoms with van der Waals surface area (Å²) in [5.74, 6) is -0.168. The monoisotopic (exact) mass is 305 g/mol. The second-order valence-electron chi connectivity index (χ2n) is 5.95. The number of amides is 1. The average molecular weight is 305 g/mol. The first-order valence-corrected chi connectivity index (χ1v) is 7.74. The maximum absolute atomic E-state index is 12.2. The van der Waals surface area contributed by atoms with Gasteiger partial charge in [0.15, 0.2) is 6.61 Å². The molecule has 22 heavy (non-hydrogen) atoms. The molecule has 1 N–H and O–H groups in total. The van der Waals surface area contributed by atoms with Crippen LogP contribution in [0.2, 0.25) is 0 Å². The van der Waals surface area contributed by atoms with Gasteiger partial charge in [-0.3, -0.25) is 4.79 Å². The van der Waals surface area contributed by atoms with Gasteiger partial charge < -0.3 is 14.7 Å². The Kier molecular flexibility index (Phi) is 5.41. The van der Waals surface area contributed by atoms with Crippen LogP contribution in [-0.4, -0.2) is 41.1 Å². The summed E-state index contributed by atoms with van der Waals surface area (Å²) >= 11 is 0. The van der Waals surface area contributed by atoms with Gasteiger partial charge in [0.05, 0.1) is 0 Å². The molecule has 0 aromatic heterocycles. The van der Waals surface area contributed by atoms with Crippen molar-refractivity contribution in [3.63, 3.8) is 0 Å². The number of carboxylic acids is 1. The molecule has 1 fully saturated rings. The van der Waals surface area contributed by atoms with Crippen LogP contribution in [0.4, 0.5) is 0 Å². The maximum atomic E-state index is 12.2. The molecule has 0 radical (unpaired) electrons. The van der Waals surface area contributed by atoms with Gasteiger partial charge in [-0.1, -0.05) is 26.0 Å². The van der Waals surface area contributed by atoms with E-state index in [-0.39, 0.29) is 12.5 Å². The van der Waals surface area contributed by atoms with E-state index in [9.17, 15) is 14.7 Å². The molecule has 0 bridgehead atoms. The first-order chi connectivity index (χ1) is 10.5. The van der Waals surface area contributed by atoms with Crippen molar-refractivity contribution in [3.05, 3.63) is 29.8 Å². The Bertz CT molecular complexity index is 541. The lowest BCUT2D eigenvalue weighted by Gasteiger charge is -2.32. The molecule has 2 rings (SSSR count). The number of rotatable bonds is 5. The number of hydrogen-bond donors (Lipinski definition) is 1. The Labute approximate surface area is 130 Å². The van der Waals surface area contributed by atoms with Crippen molar-refractivity contribution in [2.75, 3.05) is 13.2 Å². The Hall–Kier alpha value is -2.04. The smallest absolute Gasteiger partial charge is 0.326 e. The minimum absolute atomic E-state index is 0.120. The molecule has 1 heterocycles. The molecule has 1 atom stereocenters. The van der Waals surface area contributed by atoms with Crippen molar-refractivity contribution in [1.82, 2.24) is 4.90 Å². The lowest BCUT2D eigenvalue weighted by atomic mass is 10.0. The lowest BCUT2D eigenvalue weighted by molar-refractivity contribution is -0.152. The fraction of sp³-hybridized carbons (Fsp3) is 0.529. The van der Waals surface area contributed by atoms with Gasteiger partial charge in [0.25, 0.3) is 5.91 Å². The SMILES string of the molecule is CC(C)c1cccc(OCC(=O)N2CCCCC2C(=O)O)c1. The van der Waals surface area contributed by atoms with E-state index in [1.165, 1.54) is 4.90 Å². The molecule has 1 aliphatic rings. The van der Waals surface area contributed by atoms with Gasteiger partial charge in [-0.25, -0.2) is 4.79 Å². The molecule has 1 saturated heterocycles. The second kappa shape index (κ2) is 7.29. The molecule has 5 heteroatoms. The summed E-state index contributed by atoms with van der Waals surface area (Å²) in [6.07, 6.45) is 2.21. The van der Waals surface area contributed by atoms with E-state index in [1.807, 2.05) is 24.3 Å². The number of piperidine rings is 1. The van der Waals surface area contributed by atoms with Crippen molar-refractivity contribution >= 4 is 11.9 Å². The van der Waals surface area contributed by atoms with Crippen LogP contribution in [0.1, 0.15) is 44.6 Å². The summed E-state index contributed by atoms with van der Waals surface area (Å²) in [4.78, 5) is 24.9. The normalized spacial score (nSPS) is 18.3. The van der Waals surface area contributed by atoms with Gasteiger partial charge in [0.2, 0.25) is 0 Å². The Morgan fingerprint density at radius 3 is 2.82 bits per heavy atom.